The first-order valence-electron chi connectivity index (χ1n) is 8.43. The summed E-state index contributed by atoms with van der Waals surface area (Å²) in [5.41, 5.74) is 2.85. The zero-order valence-corrected chi connectivity index (χ0v) is 14.5. The van der Waals surface area contributed by atoms with E-state index in [0.29, 0.717) is 12.3 Å². The first kappa shape index (κ1) is 17.0. The zero-order valence-electron chi connectivity index (χ0n) is 14.5. The summed E-state index contributed by atoms with van der Waals surface area (Å²) in [5, 5.41) is 2.98. The van der Waals surface area contributed by atoms with Crippen LogP contribution < -0.4 is 15.0 Å². The van der Waals surface area contributed by atoms with E-state index in [1.165, 1.54) is 0 Å². The minimum absolute atomic E-state index is 0.0124. The lowest BCUT2D eigenvalue weighted by molar-refractivity contribution is -0.122. The molecular weight excluding hydrogens is 316 g/mol. The van der Waals surface area contributed by atoms with Gasteiger partial charge in [-0.3, -0.25) is 9.59 Å². The molecule has 0 spiro atoms. The summed E-state index contributed by atoms with van der Waals surface area (Å²) in [6, 6.07) is 15.4. The Bertz CT molecular complexity index is 774. The van der Waals surface area contributed by atoms with Gasteiger partial charge in [0.15, 0.2) is 6.61 Å². The number of carbonyl (C=O) groups is 2. The van der Waals surface area contributed by atoms with Crippen LogP contribution in [0.4, 0.5) is 5.69 Å². The third kappa shape index (κ3) is 3.99. The molecule has 2 amide bonds. The number of aryl methyl sites for hydroxylation is 1. The molecule has 3 rings (SSSR count). The first-order chi connectivity index (χ1) is 12.0. The molecule has 0 saturated heterocycles. The van der Waals surface area contributed by atoms with Crippen LogP contribution in [0.15, 0.2) is 48.5 Å². The number of carbonyl (C=O) groups excluding carboxylic acids is 2. The maximum Gasteiger partial charge on any atom is 0.265 e. The molecule has 1 heterocycles. The van der Waals surface area contributed by atoms with Gasteiger partial charge in [-0.15, -0.1) is 0 Å². The van der Waals surface area contributed by atoms with Crippen LogP contribution in [0, 0.1) is 6.92 Å². The Kier molecular flexibility index (Phi) is 5.03. The van der Waals surface area contributed by atoms with Gasteiger partial charge in [0.05, 0.1) is 11.7 Å². The molecule has 0 aliphatic carbocycles. The third-order valence-electron chi connectivity index (χ3n) is 4.30. The molecule has 25 heavy (non-hydrogen) atoms. The number of benzene rings is 2. The number of anilines is 1. The van der Waals surface area contributed by atoms with Crippen molar-refractivity contribution < 1.29 is 14.3 Å². The first-order valence-corrected chi connectivity index (χ1v) is 8.43. The molecule has 0 saturated carbocycles. The summed E-state index contributed by atoms with van der Waals surface area (Å²) in [6.07, 6.45) is 0.246. The molecule has 2 aromatic rings. The topological polar surface area (TPSA) is 58.6 Å². The van der Waals surface area contributed by atoms with E-state index in [1.807, 2.05) is 62.4 Å². The Balaban J connectivity index is 1.61. The number of nitrogens with zero attached hydrogens (tertiary/aromatic N) is 1. The maximum absolute atomic E-state index is 12.3. The molecule has 0 radical (unpaired) electrons. The van der Waals surface area contributed by atoms with Crippen LogP contribution in [0.3, 0.4) is 0 Å². The van der Waals surface area contributed by atoms with Gasteiger partial charge in [-0.2, -0.15) is 0 Å². The standard InChI is InChI=1S/C20H22N2O3/c1-14-8-9-17-18(12-14)25-13-20(24)22(17)11-10-19(23)21-15(2)16-6-4-3-5-7-16/h3-9,12,15H,10-11,13H2,1-2H3,(H,21,23)/t15-/m1/s1. The van der Waals surface area contributed by atoms with Crippen molar-refractivity contribution in [2.24, 2.45) is 0 Å². The summed E-state index contributed by atoms with van der Waals surface area (Å²) >= 11 is 0. The predicted octanol–water partition coefficient (Wildman–Crippen LogP) is 2.99. The second-order valence-electron chi connectivity index (χ2n) is 6.26. The van der Waals surface area contributed by atoms with E-state index < -0.39 is 0 Å². The lowest BCUT2D eigenvalue weighted by Crippen LogP contribution is -2.41. The van der Waals surface area contributed by atoms with Crippen molar-refractivity contribution in [2.75, 3.05) is 18.1 Å². The van der Waals surface area contributed by atoms with E-state index in [0.717, 1.165) is 16.8 Å². The molecule has 130 valence electrons. The number of amides is 2. The van der Waals surface area contributed by atoms with Gasteiger partial charge in [-0.05, 0) is 37.1 Å². The van der Waals surface area contributed by atoms with Crippen LogP contribution in [0.2, 0.25) is 0 Å². The van der Waals surface area contributed by atoms with Gasteiger partial charge < -0.3 is 15.0 Å². The molecular formula is C20H22N2O3. The largest absolute Gasteiger partial charge is 0.482 e. The Labute approximate surface area is 147 Å². The predicted molar refractivity (Wildman–Crippen MR) is 96.6 cm³/mol. The Morgan fingerprint density at radius 1 is 1.24 bits per heavy atom. The monoisotopic (exact) mass is 338 g/mol. The molecule has 1 aliphatic heterocycles. The van der Waals surface area contributed by atoms with Crippen LogP contribution in [-0.2, 0) is 9.59 Å². The van der Waals surface area contributed by atoms with Gasteiger partial charge in [-0.1, -0.05) is 36.4 Å². The van der Waals surface area contributed by atoms with E-state index in [4.69, 9.17) is 4.74 Å². The number of hydrogen-bond donors (Lipinski definition) is 1. The highest BCUT2D eigenvalue weighted by Gasteiger charge is 2.26. The third-order valence-corrected chi connectivity index (χ3v) is 4.30. The van der Waals surface area contributed by atoms with Crippen LogP contribution in [-0.4, -0.2) is 25.0 Å². The van der Waals surface area contributed by atoms with Crippen molar-refractivity contribution in [1.82, 2.24) is 5.32 Å². The summed E-state index contributed by atoms with van der Waals surface area (Å²) in [7, 11) is 0. The highest BCUT2D eigenvalue weighted by atomic mass is 16.5. The Morgan fingerprint density at radius 2 is 2.00 bits per heavy atom. The number of nitrogens with one attached hydrogen (secondary N) is 1. The average Bonchev–Trinajstić information content (AvgIpc) is 2.61. The van der Waals surface area contributed by atoms with Gasteiger partial charge in [0, 0.05) is 13.0 Å². The van der Waals surface area contributed by atoms with Gasteiger partial charge in [-0.25, -0.2) is 0 Å². The van der Waals surface area contributed by atoms with Crippen molar-refractivity contribution in [3.05, 3.63) is 59.7 Å². The Hall–Kier alpha value is -2.82. The Morgan fingerprint density at radius 3 is 2.76 bits per heavy atom. The van der Waals surface area contributed by atoms with Crippen molar-refractivity contribution >= 4 is 17.5 Å². The van der Waals surface area contributed by atoms with Crippen LogP contribution in [0.1, 0.15) is 30.5 Å². The van der Waals surface area contributed by atoms with E-state index in [2.05, 4.69) is 5.32 Å². The fourth-order valence-corrected chi connectivity index (χ4v) is 2.91. The molecule has 0 bridgehead atoms. The van der Waals surface area contributed by atoms with E-state index >= 15 is 0 Å². The minimum Gasteiger partial charge on any atom is -0.482 e. The van der Waals surface area contributed by atoms with Crippen molar-refractivity contribution in [3.8, 4) is 5.75 Å². The number of rotatable bonds is 5. The van der Waals surface area contributed by atoms with Crippen LogP contribution >= 0.6 is 0 Å². The summed E-state index contributed by atoms with van der Waals surface area (Å²) in [4.78, 5) is 26.1. The molecule has 0 unspecified atom stereocenters. The minimum atomic E-state index is -0.125. The summed E-state index contributed by atoms with van der Waals surface area (Å²) in [5.74, 6) is 0.488. The normalized spacial score (nSPS) is 14.5. The average molecular weight is 338 g/mol. The molecule has 1 N–H and O–H groups in total. The van der Waals surface area contributed by atoms with Gasteiger partial charge in [0.1, 0.15) is 5.75 Å². The lowest BCUT2D eigenvalue weighted by Gasteiger charge is -2.29. The van der Waals surface area contributed by atoms with E-state index in [1.54, 1.807) is 4.90 Å². The van der Waals surface area contributed by atoms with Crippen LogP contribution in [0.5, 0.6) is 5.75 Å². The van der Waals surface area contributed by atoms with Crippen molar-refractivity contribution in [1.29, 1.82) is 0 Å². The molecule has 0 aromatic heterocycles. The number of fused-ring (bicyclic) bond motifs is 1. The smallest absolute Gasteiger partial charge is 0.265 e. The molecule has 5 nitrogen and oxygen atoms in total. The van der Waals surface area contributed by atoms with Crippen LogP contribution in [0.25, 0.3) is 0 Å². The van der Waals surface area contributed by atoms with Gasteiger partial charge >= 0.3 is 0 Å². The number of hydrogen-bond acceptors (Lipinski definition) is 3. The number of ether oxygens (including phenoxy) is 1. The molecule has 2 aromatic carbocycles. The fraction of sp³-hybridized carbons (Fsp3) is 0.300. The van der Waals surface area contributed by atoms with Crippen molar-refractivity contribution in [3.63, 3.8) is 0 Å². The highest BCUT2D eigenvalue weighted by molar-refractivity contribution is 5.98. The summed E-state index contributed by atoms with van der Waals surface area (Å²) < 4.78 is 5.48. The lowest BCUT2D eigenvalue weighted by atomic mass is 10.1. The van der Waals surface area contributed by atoms with Crippen molar-refractivity contribution in [2.45, 2.75) is 26.3 Å². The molecule has 1 atom stereocenters. The highest BCUT2D eigenvalue weighted by Crippen LogP contribution is 2.32. The quantitative estimate of drug-likeness (QED) is 0.912. The SMILES string of the molecule is Cc1ccc2c(c1)OCC(=O)N2CCC(=O)N[C@H](C)c1ccccc1. The second kappa shape index (κ2) is 7.38. The molecule has 0 fully saturated rings. The van der Waals surface area contributed by atoms with Gasteiger partial charge in [0.25, 0.3) is 5.91 Å². The molecule has 5 heteroatoms. The van der Waals surface area contributed by atoms with E-state index in [9.17, 15) is 9.59 Å². The van der Waals surface area contributed by atoms with Gasteiger partial charge in [0.2, 0.25) is 5.91 Å². The second-order valence-corrected chi connectivity index (χ2v) is 6.26. The fourth-order valence-electron chi connectivity index (χ4n) is 2.91. The summed E-state index contributed by atoms with van der Waals surface area (Å²) in [6.45, 7) is 4.28. The molecule has 1 aliphatic rings. The maximum atomic E-state index is 12.3. The van der Waals surface area contributed by atoms with E-state index in [-0.39, 0.29) is 30.9 Å². The zero-order chi connectivity index (χ0) is 17.8.